The zero-order valence-corrected chi connectivity index (χ0v) is 17.0. The number of rotatable bonds is 5. The van der Waals surface area contributed by atoms with Gasteiger partial charge in [-0.2, -0.15) is 0 Å². The Morgan fingerprint density at radius 3 is 1.19 bits per heavy atom. The molecule has 0 unspecified atom stereocenters. The van der Waals surface area contributed by atoms with Gasteiger partial charge in [0.05, 0.1) is 58.9 Å². The fourth-order valence-corrected chi connectivity index (χ4v) is 3.21. The first-order valence-electron chi connectivity index (χ1n) is 7.75. The van der Waals surface area contributed by atoms with Gasteiger partial charge in [-0.05, 0) is 13.8 Å². The summed E-state index contributed by atoms with van der Waals surface area (Å²) in [5.74, 6) is -2.31. The summed E-state index contributed by atoms with van der Waals surface area (Å²) >= 11 is 0. The standard InChI is InChI=1S/2C6H11N2.C2H6O6S2/c2*1-3-8-5-4-7(2)6-8;3-9(4,5)1-2-10(6,7)8/h2*4-6H,3H2,1-2H3;1-2H2,(H,3,4,5)(H,6,7,8)/q2*+1;/p-2. The normalized spacial score (nSPS) is 11.2. The van der Waals surface area contributed by atoms with Crippen molar-refractivity contribution in [3.8, 4) is 0 Å². The molecular weight excluding hydrogens is 384 g/mol. The van der Waals surface area contributed by atoms with Crippen LogP contribution in [0.25, 0.3) is 0 Å². The minimum atomic E-state index is -4.59. The van der Waals surface area contributed by atoms with Gasteiger partial charge >= 0.3 is 0 Å². The van der Waals surface area contributed by atoms with Gasteiger partial charge in [0.2, 0.25) is 12.7 Å². The van der Waals surface area contributed by atoms with Crippen LogP contribution in [-0.4, -0.2) is 46.6 Å². The molecule has 0 fully saturated rings. The number of nitrogens with zero attached hydrogens (tertiary/aromatic N) is 4. The Balaban J connectivity index is 0.000000363. The number of hydrogen-bond donors (Lipinski definition) is 0. The molecule has 0 N–H and O–H groups in total. The summed E-state index contributed by atoms with van der Waals surface area (Å²) in [4.78, 5) is 0. The Kier molecular flexibility index (Phi) is 10.3. The van der Waals surface area contributed by atoms with E-state index in [4.69, 9.17) is 0 Å². The summed E-state index contributed by atoms with van der Waals surface area (Å²) in [5.41, 5.74) is 0. The second-order valence-corrected chi connectivity index (χ2v) is 8.39. The quantitative estimate of drug-likeness (QED) is 0.446. The third-order valence-corrected chi connectivity index (χ3v) is 4.63. The van der Waals surface area contributed by atoms with Gasteiger partial charge in [-0.15, -0.1) is 0 Å². The van der Waals surface area contributed by atoms with Crippen LogP contribution in [0.1, 0.15) is 13.8 Å². The molecule has 26 heavy (non-hydrogen) atoms. The molecular formula is C14H26N4O6S2. The summed E-state index contributed by atoms with van der Waals surface area (Å²) in [6, 6.07) is 0. The fraction of sp³-hybridized carbons (Fsp3) is 0.571. The van der Waals surface area contributed by atoms with Gasteiger partial charge < -0.3 is 9.11 Å². The van der Waals surface area contributed by atoms with Crippen LogP contribution < -0.4 is 9.13 Å². The summed E-state index contributed by atoms with van der Waals surface area (Å²) in [5, 5.41) is 0. The van der Waals surface area contributed by atoms with Gasteiger partial charge in [0.15, 0.2) is 0 Å². The van der Waals surface area contributed by atoms with Crippen LogP contribution in [0.5, 0.6) is 0 Å². The number of hydrogen-bond acceptors (Lipinski definition) is 6. The molecule has 0 amide bonds. The van der Waals surface area contributed by atoms with Crippen LogP contribution in [0.15, 0.2) is 37.4 Å². The number of aromatic nitrogens is 4. The average molecular weight is 411 g/mol. The maximum absolute atomic E-state index is 9.72. The van der Waals surface area contributed by atoms with Crippen molar-refractivity contribution in [2.24, 2.45) is 14.1 Å². The van der Waals surface area contributed by atoms with Crippen LogP contribution >= 0.6 is 0 Å². The van der Waals surface area contributed by atoms with Crippen LogP contribution in [0, 0.1) is 0 Å². The van der Waals surface area contributed by atoms with E-state index in [-0.39, 0.29) is 0 Å². The Morgan fingerprint density at radius 2 is 1.08 bits per heavy atom. The molecule has 0 radical (unpaired) electrons. The zero-order valence-electron chi connectivity index (χ0n) is 15.3. The lowest BCUT2D eigenvalue weighted by Gasteiger charge is -2.08. The Hall–Kier alpha value is -1.76. The predicted molar refractivity (Wildman–Crippen MR) is 91.7 cm³/mol. The number of imidazole rings is 2. The Labute approximate surface area is 154 Å². The lowest BCUT2D eigenvalue weighted by Crippen LogP contribution is -2.23. The molecule has 0 aromatic carbocycles. The fourth-order valence-electron chi connectivity index (χ4n) is 1.58. The van der Waals surface area contributed by atoms with Crippen molar-refractivity contribution in [2.75, 3.05) is 11.5 Å². The van der Waals surface area contributed by atoms with Gasteiger partial charge in [0.1, 0.15) is 24.8 Å². The second-order valence-electron chi connectivity index (χ2n) is 5.34. The SMILES string of the molecule is CCn1cc[n+](C)c1.CCn1cc[n+](C)c1.O=S(=O)([O-])CCS(=O)(=O)[O-]. The molecule has 10 nitrogen and oxygen atoms in total. The van der Waals surface area contributed by atoms with Crippen LogP contribution in [0.4, 0.5) is 0 Å². The Morgan fingerprint density at radius 1 is 0.769 bits per heavy atom. The third kappa shape index (κ3) is 13.5. The minimum Gasteiger partial charge on any atom is -0.748 e. The maximum Gasteiger partial charge on any atom is 0.243 e. The molecule has 0 bridgehead atoms. The highest BCUT2D eigenvalue weighted by Crippen LogP contribution is 1.86. The molecule has 0 atom stereocenters. The summed E-state index contributed by atoms with van der Waals surface area (Å²) in [6.45, 7) is 6.36. The maximum atomic E-state index is 9.72. The van der Waals surface area contributed by atoms with E-state index in [2.05, 4.69) is 48.0 Å². The van der Waals surface area contributed by atoms with Gasteiger partial charge in [0, 0.05) is 0 Å². The van der Waals surface area contributed by atoms with Crippen LogP contribution in [0.3, 0.4) is 0 Å². The van der Waals surface area contributed by atoms with E-state index in [1.165, 1.54) is 0 Å². The van der Waals surface area contributed by atoms with Crippen molar-refractivity contribution in [3.05, 3.63) is 37.4 Å². The average Bonchev–Trinajstić information content (AvgIpc) is 3.13. The summed E-state index contributed by atoms with van der Waals surface area (Å²) in [6.07, 6.45) is 12.3. The third-order valence-electron chi connectivity index (χ3n) is 2.96. The van der Waals surface area contributed by atoms with E-state index in [0.29, 0.717) is 0 Å². The second kappa shape index (κ2) is 11.1. The largest absolute Gasteiger partial charge is 0.748 e. The number of aryl methyl sites for hydroxylation is 4. The first-order chi connectivity index (χ1) is 11.9. The van der Waals surface area contributed by atoms with Crippen molar-refractivity contribution < 1.29 is 35.1 Å². The van der Waals surface area contributed by atoms with E-state index in [1.54, 1.807) is 0 Å². The van der Waals surface area contributed by atoms with Gasteiger partial charge in [-0.3, -0.25) is 0 Å². The zero-order chi connectivity index (χ0) is 20.4. The van der Waals surface area contributed by atoms with Gasteiger partial charge in [0.25, 0.3) is 0 Å². The van der Waals surface area contributed by atoms with E-state index >= 15 is 0 Å². The first kappa shape index (κ1) is 24.2. The molecule has 0 aliphatic heterocycles. The van der Waals surface area contributed by atoms with Crippen molar-refractivity contribution in [2.45, 2.75) is 26.9 Å². The topological polar surface area (TPSA) is 132 Å². The highest BCUT2D eigenvalue weighted by atomic mass is 32.2. The molecule has 2 aromatic heterocycles. The molecule has 0 aliphatic rings. The molecule has 0 saturated carbocycles. The van der Waals surface area contributed by atoms with E-state index in [9.17, 15) is 25.9 Å². The van der Waals surface area contributed by atoms with Crippen LogP contribution in [0.2, 0.25) is 0 Å². The molecule has 12 heteroatoms. The van der Waals surface area contributed by atoms with Crippen molar-refractivity contribution in [1.29, 1.82) is 0 Å². The summed E-state index contributed by atoms with van der Waals surface area (Å²) in [7, 11) is -5.13. The smallest absolute Gasteiger partial charge is 0.243 e. The lowest BCUT2D eigenvalue weighted by atomic mass is 10.7. The van der Waals surface area contributed by atoms with E-state index in [0.717, 1.165) is 13.1 Å². The molecule has 0 spiro atoms. The van der Waals surface area contributed by atoms with Crippen LogP contribution in [-0.2, 0) is 47.4 Å². The highest BCUT2D eigenvalue weighted by molar-refractivity contribution is 7.89. The van der Waals surface area contributed by atoms with Gasteiger partial charge in [-0.1, -0.05) is 0 Å². The monoisotopic (exact) mass is 410 g/mol. The molecule has 2 rings (SSSR count). The minimum absolute atomic E-state index is 1.06. The molecule has 0 saturated heterocycles. The van der Waals surface area contributed by atoms with Crippen molar-refractivity contribution in [3.63, 3.8) is 0 Å². The molecule has 0 aliphatic carbocycles. The van der Waals surface area contributed by atoms with Crippen molar-refractivity contribution >= 4 is 20.2 Å². The predicted octanol–water partition coefficient (Wildman–Crippen LogP) is -1.26. The summed E-state index contributed by atoms with van der Waals surface area (Å²) < 4.78 is 66.6. The van der Waals surface area contributed by atoms with Crippen molar-refractivity contribution in [1.82, 2.24) is 9.13 Å². The molecule has 2 heterocycles. The highest BCUT2D eigenvalue weighted by Gasteiger charge is 1.99. The van der Waals surface area contributed by atoms with Gasteiger partial charge in [-0.25, -0.2) is 35.1 Å². The van der Waals surface area contributed by atoms with E-state index < -0.39 is 31.7 Å². The Bertz CT molecular complexity index is 783. The van der Waals surface area contributed by atoms with E-state index in [1.807, 2.05) is 35.6 Å². The first-order valence-corrected chi connectivity index (χ1v) is 10.9. The molecule has 2 aromatic rings. The lowest BCUT2D eigenvalue weighted by molar-refractivity contribution is -0.671. The molecule has 150 valence electrons.